The number of rotatable bonds is 3. The van der Waals surface area contributed by atoms with Gasteiger partial charge < -0.3 is 5.73 Å². The van der Waals surface area contributed by atoms with Crippen molar-refractivity contribution in [3.05, 3.63) is 35.4 Å². The maximum absolute atomic E-state index is 5.68. The summed E-state index contributed by atoms with van der Waals surface area (Å²) in [5.74, 6) is 0. The molecule has 0 aliphatic carbocycles. The molecule has 1 rings (SSSR count). The van der Waals surface area contributed by atoms with E-state index in [-0.39, 0.29) is 5.41 Å². The van der Waals surface area contributed by atoms with Gasteiger partial charge in [-0.05, 0) is 18.9 Å². The molecule has 1 aromatic carbocycles. The average Bonchev–Trinajstić information content (AvgIpc) is 2.08. The van der Waals surface area contributed by atoms with Crippen molar-refractivity contribution in [1.29, 1.82) is 0 Å². The Hall–Kier alpha value is -0.890. The van der Waals surface area contributed by atoms with Crippen LogP contribution in [0, 0.1) is 12.3 Å². The van der Waals surface area contributed by atoms with Crippen LogP contribution >= 0.6 is 12.2 Å². The molecule has 0 amide bonds. The van der Waals surface area contributed by atoms with Crippen molar-refractivity contribution < 1.29 is 0 Å². The summed E-state index contributed by atoms with van der Waals surface area (Å²) in [6.45, 7) is 6.24. The zero-order chi connectivity index (χ0) is 10.8. The number of aryl methyl sites for hydroxylation is 1. The number of thiocarbonyl (C=S) groups is 1. The molecule has 1 nitrogen and oxygen atoms in total. The zero-order valence-corrected chi connectivity index (χ0v) is 9.82. The van der Waals surface area contributed by atoms with Crippen LogP contribution in [0.2, 0.25) is 0 Å². The highest BCUT2D eigenvalue weighted by atomic mass is 32.1. The molecular formula is C12H17NS. The van der Waals surface area contributed by atoms with Crippen LogP contribution in [0.25, 0.3) is 0 Å². The number of benzene rings is 1. The van der Waals surface area contributed by atoms with E-state index in [9.17, 15) is 0 Å². The SMILES string of the molecule is Cc1ccc(CC(C)(C)C(N)=S)cc1. The Morgan fingerprint density at radius 3 is 2.21 bits per heavy atom. The fourth-order valence-electron chi connectivity index (χ4n) is 1.30. The van der Waals surface area contributed by atoms with Gasteiger partial charge in [0.05, 0.1) is 4.99 Å². The maximum atomic E-state index is 5.68. The molecule has 0 saturated heterocycles. The summed E-state index contributed by atoms with van der Waals surface area (Å²) < 4.78 is 0. The van der Waals surface area contributed by atoms with Gasteiger partial charge in [-0.1, -0.05) is 55.9 Å². The van der Waals surface area contributed by atoms with E-state index in [4.69, 9.17) is 18.0 Å². The summed E-state index contributed by atoms with van der Waals surface area (Å²) in [7, 11) is 0. The number of hydrogen-bond donors (Lipinski definition) is 1. The first kappa shape index (κ1) is 11.2. The molecule has 0 radical (unpaired) electrons. The highest BCUT2D eigenvalue weighted by Gasteiger charge is 2.21. The lowest BCUT2D eigenvalue weighted by atomic mass is 9.85. The molecule has 1 aromatic rings. The molecule has 0 aliphatic rings. The van der Waals surface area contributed by atoms with Crippen LogP contribution in [-0.4, -0.2) is 4.99 Å². The van der Waals surface area contributed by atoms with Gasteiger partial charge in [0.15, 0.2) is 0 Å². The van der Waals surface area contributed by atoms with Crippen LogP contribution in [0.4, 0.5) is 0 Å². The average molecular weight is 207 g/mol. The molecule has 0 aromatic heterocycles. The maximum Gasteiger partial charge on any atom is 0.0787 e. The van der Waals surface area contributed by atoms with Crippen LogP contribution in [0.15, 0.2) is 24.3 Å². The molecule has 2 heteroatoms. The molecule has 0 spiro atoms. The van der Waals surface area contributed by atoms with Crippen molar-refractivity contribution in [2.45, 2.75) is 27.2 Å². The molecule has 0 saturated carbocycles. The topological polar surface area (TPSA) is 26.0 Å². The Balaban J connectivity index is 2.79. The Bertz CT molecular complexity index is 325. The van der Waals surface area contributed by atoms with E-state index in [0.29, 0.717) is 4.99 Å². The van der Waals surface area contributed by atoms with Gasteiger partial charge in [-0.2, -0.15) is 0 Å². The summed E-state index contributed by atoms with van der Waals surface area (Å²) in [6.07, 6.45) is 0.905. The monoisotopic (exact) mass is 207 g/mol. The van der Waals surface area contributed by atoms with Crippen LogP contribution < -0.4 is 5.73 Å². The number of nitrogens with two attached hydrogens (primary N) is 1. The third-order valence-corrected chi connectivity index (χ3v) is 2.99. The van der Waals surface area contributed by atoms with Crippen LogP contribution in [0.5, 0.6) is 0 Å². The second kappa shape index (κ2) is 4.09. The standard InChI is InChI=1S/C12H17NS/c1-9-4-6-10(7-5-9)8-12(2,3)11(13)14/h4-7H,8H2,1-3H3,(H2,13,14). The largest absolute Gasteiger partial charge is 0.393 e. The first-order chi connectivity index (χ1) is 6.42. The fourth-order valence-corrected chi connectivity index (χ4v) is 1.38. The molecule has 0 bridgehead atoms. The Labute approximate surface area is 91.3 Å². The molecule has 0 atom stereocenters. The van der Waals surface area contributed by atoms with E-state index in [0.717, 1.165) is 6.42 Å². The van der Waals surface area contributed by atoms with Gasteiger partial charge in [-0.3, -0.25) is 0 Å². The molecular weight excluding hydrogens is 190 g/mol. The summed E-state index contributed by atoms with van der Waals surface area (Å²) >= 11 is 5.03. The Kier molecular flexibility index (Phi) is 3.27. The molecule has 0 aliphatic heterocycles. The van der Waals surface area contributed by atoms with Gasteiger partial charge in [0.2, 0.25) is 0 Å². The van der Waals surface area contributed by atoms with E-state index in [1.54, 1.807) is 0 Å². The van der Waals surface area contributed by atoms with E-state index in [1.807, 2.05) is 0 Å². The minimum atomic E-state index is -0.0927. The predicted octanol–water partition coefficient (Wildman–Crippen LogP) is 2.85. The highest BCUT2D eigenvalue weighted by molar-refractivity contribution is 7.80. The van der Waals surface area contributed by atoms with Crippen LogP contribution in [-0.2, 0) is 6.42 Å². The van der Waals surface area contributed by atoms with E-state index < -0.39 is 0 Å². The Morgan fingerprint density at radius 1 is 1.29 bits per heavy atom. The van der Waals surface area contributed by atoms with Crippen molar-refractivity contribution in [2.75, 3.05) is 0 Å². The fraction of sp³-hybridized carbons (Fsp3) is 0.417. The quantitative estimate of drug-likeness (QED) is 0.771. The molecule has 76 valence electrons. The van der Waals surface area contributed by atoms with Crippen molar-refractivity contribution in [3.63, 3.8) is 0 Å². The first-order valence-electron chi connectivity index (χ1n) is 4.77. The summed E-state index contributed by atoms with van der Waals surface area (Å²) in [5, 5.41) is 0. The van der Waals surface area contributed by atoms with Crippen molar-refractivity contribution in [3.8, 4) is 0 Å². The van der Waals surface area contributed by atoms with E-state index >= 15 is 0 Å². The molecule has 0 heterocycles. The molecule has 14 heavy (non-hydrogen) atoms. The van der Waals surface area contributed by atoms with Gasteiger partial charge >= 0.3 is 0 Å². The summed E-state index contributed by atoms with van der Waals surface area (Å²) in [5.41, 5.74) is 8.15. The summed E-state index contributed by atoms with van der Waals surface area (Å²) in [6, 6.07) is 8.50. The van der Waals surface area contributed by atoms with Crippen LogP contribution in [0.3, 0.4) is 0 Å². The second-order valence-corrected chi connectivity index (χ2v) is 4.85. The van der Waals surface area contributed by atoms with Crippen molar-refractivity contribution in [1.82, 2.24) is 0 Å². The summed E-state index contributed by atoms with van der Waals surface area (Å²) in [4.78, 5) is 0.582. The van der Waals surface area contributed by atoms with Gasteiger partial charge in [0.25, 0.3) is 0 Å². The van der Waals surface area contributed by atoms with Crippen LogP contribution in [0.1, 0.15) is 25.0 Å². The third kappa shape index (κ3) is 2.81. The number of hydrogen-bond acceptors (Lipinski definition) is 1. The molecule has 0 fully saturated rings. The minimum Gasteiger partial charge on any atom is -0.393 e. The Morgan fingerprint density at radius 2 is 1.79 bits per heavy atom. The third-order valence-electron chi connectivity index (χ3n) is 2.43. The van der Waals surface area contributed by atoms with Crippen molar-refractivity contribution in [2.24, 2.45) is 11.1 Å². The van der Waals surface area contributed by atoms with Gasteiger partial charge in [-0.25, -0.2) is 0 Å². The normalized spacial score (nSPS) is 11.4. The smallest absolute Gasteiger partial charge is 0.0787 e. The second-order valence-electron chi connectivity index (χ2n) is 4.41. The molecule has 0 unspecified atom stereocenters. The zero-order valence-electron chi connectivity index (χ0n) is 9.00. The lowest BCUT2D eigenvalue weighted by molar-refractivity contribution is 0.523. The minimum absolute atomic E-state index is 0.0927. The van der Waals surface area contributed by atoms with Gasteiger partial charge in [-0.15, -0.1) is 0 Å². The lowest BCUT2D eigenvalue weighted by Crippen LogP contribution is -2.31. The van der Waals surface area contributed by atoms with E-state index in [2.05, 4.69) is 45.0 Å². The van der Waals surface area contributed by atoms with Gasteiger partial charge in [0, 0.05) is 5.41 Å². The first-order valence-corrected chi connectivity index (χ1v) is 5.18. The van der Waals surface area contributed by atoms with Gasteiger partial charge in [0.1, 0.15) is 0 Å². The highest BCUT2D eigenvalue weighted by Crippen LogP contribution is 2.22. The van der Waals surface area contributed by atoms with E-state index in [1.165, 1.54) is 11.1 Å². The predicted molar refractivity (Wildman–Crippen MR) is 65.4 cm³/mol. The molecule has 2 N–H and O–H groups in total. The van der Waals surface area contributed by atoms with Crippen molar-refractivity contribution >= 4 is 17.2 Å². The lowest BCUT2D eigenvalue weighted by Gasteiger charge is -2.23.